The molecule has 0 aliphatic heterocycles. The first kappa shape index (κ1) is 12.9. The monoisotopic (exact) mass is 203 g/mol. The van der Waals surface area contributed by atoms with Gasteiger partial charge in [-0.1, -0.05) is 0 Å². The second-order valence-corrected chi connectivity index (χ2v) is 2.85. The highest BCUT2D eigenvalue weighted by Crippen LogP contribution is 1.79. The molecule has 0 heterocycles. The molecule has 1 atom stereocenters. The fourth-order valence-electron chi connectivity index (χ4n) is 0.832. The number of carboxylic acid groups (broad SMARTS) is 1. The summed E-state index contributed by atoms with van der Waals surface area (Å²) in [7, 11) is 0. The molecular weight excluding hydrogens is 186 g/mol. The predicted molar refractivity (Wildman–Crippen MR) is 51.8 cm³/mol. The SMILES string of the molecule is CCNC(=O)CCNCC(N)C(=O)O. The van der Waals surface area contributed by atoms with E-state index in [0.29, 0.717) is 19.5 Å². The first-order chi connectivity index (χ1) is 6.57. The molecule has 0 aliphatic carbocycles. The Hall–Kier alpha value is -1.14. The second-order valence-electron chi connectivity index (χ2n) is 2.85. The van der Waals surface area contributed by atoms with Crippen molar-refractivity contribution in [2.45, 2.75) is 19.4 Å². The van der Waals surface area contributed by atoms with Crippen molar-refractivity contribution in [3.05, 3.63) is 0 Å². The van der Waals surface area contributed by atoms with E-state index in [1.807, 2.05) is 6.92 Å². The quantitative estimate of drug-likeness (QED) is 0.377. The second kappa shape index (κ2) is 7.28. The van der Waals surface area contributed by atoms with Crippen LogP contribution in [-0.4, -0.2) is 42.7 Å². The zero-order valence-electron chi connectivity index (χ0n) is 8.25. The van der Waals surface area contributed by atoms with Gasteiger partial charge in [-0.15, -0.1) is 0 Å². The van der Waals surface area contributed by atoms with Crippen LogP contribution in [0.3, 0.4) is 0 Å². The van der Waals surface area contributed by atoms with Gasteiger partial charge in [0.05, 0.1) is 0 Å². The Labute approximate surface area is 82.9 Å². The Morgan fingerprint density at radius 1 is 1.50 bits per heavy atom. The maximum atomic E-state index is 10.9. The molecule has 1 unspecified atom stereocenters. The molecule has 0 fully saturated rings. The molecule has 0 aromatic heterocycles. The summed E-state index contributed by atoms with van der Waals surface area (Å²) in [6.07, 6.45) is 0.334. The summed E-state index contributed by atoms with van der Waals surface area (Å²) in [6.45, 7) is 3.06. The minimum Gasteiger partial charge on any atom is -0.480 e. The average Bonchev–Trinajstić information content (AvgIpc) is 2.12. The molecule has 14 heavy (non-hydrogen) atoms. The summed E-state index contributed by atoms with van der Waals surface area (Å²) < 4.78 is 0. The van der Waals surface area contributed by atoms with Gasteiger partial charge < -0.3 is 21.5 Å². The van der Waals surface area contributed by atoms with Crippen molar-refractivity contribution < 1.29 is 14.7 Å². The lowest BCUT2D eigenvalue weighted by molar-refractivity contribution is -0.138. The van der Waals surface area contributed by atoms with E-state index in [4.69, 9.17) is 10.8 Å². The van der Waals surface area contributed by atoms with Gasteiger partial charge in [0, 0.05) is 26.1 Å². The fourth-order valence-corrected chi connectivity index (χ4v) is 0.832. The molecule has 6 nitrogen and oxygen atoms in total. The van der Waals surface area contributed by atoms with E-state index in [0.717, 1.165) is 0 Å². The van der Waals surface area contributed by atoms with Crippen LogP contribution in [0.25, 0.3) is 0 Å². The summed E-state index contributed by atoms with van der Waals surface area (Å²) in [5.74, 6) is -1.10. The van der Waals surface area contributed by atoms with Gasteiger partial charge in [0.15, 0.2) is 0 Å². The van der Waals surface area contributed by atoms with Crippen molar-refractivity contribution in [2.24, 2.45) is 5.73 Å². The lowest BCUT2D eigenvalue weighted by atomic mass is 10.3. The van der Waals surface area contributed by atoms with Gasteiger partial charge in [-0.3, -0.25) is 9.59 Å². The van der Waals surface area contributed by atoms with Gasteiger partial charge in [0.25, 0.3) is 0 Å². The highest BCUT2D eigenvalue weighted by molar-refractivity contribution is 5.76. The van der Waals surface area contributed by atoms with Crippen LogP contribution in [-0.2, 0) is 9.59 Å². The molecule has 0 spiro atoms. The van der Waals surface area contributed by atoms with Crippen molar-refractivity contribution in [3.8, 4) is 0 Å². The number of nitrogens with one attached hydrogen (secondary N) is 2. The highest BCUT2D eigenvalue weighted by Gasteiger charge is 2.09. The zero-order chi connectivity index (χ0) is 11.0. The number of rotatable bonds is 7. The van der Waals surface area contributed by atoms with Crippen LogP contribution in [0.1, 0.15) is 13.3 Å². The van der Waals surface area contributed by atoms with Gasteiger partial charge >= 0.3 is 5.97 Å². The smallest absolute Gasteiger partial charge is 0.321 e. The molecule has 82 valence electrons. The third kappa shape index (κ3) is 6.38. The Morgan fingerprint density at radius 3 is 2.64 bits per heavy atom. The Kier molecular flexibility index (Phi) is 6.69. The van der Waals surface area contributed by atoms with E-state index in [1.165, 1.54) is 0 Å². The lowest BCUT2D eigenvalue weighted by Gasteiger charge is -2.07. The first-order valence-corrected chi connectivity index (χ1v) is 4.53. The average molecular weight is 203 g/mol. The summed E-state index contributed by atoms with van der Waals surface area (Å²) >= 11 is 0. The number of hydrogen-bond donors (Lipinski definition) is 4. The van der Waals surface area contributed by atoms with Gasteiger partial charge in [-0.2, -0.15) is 0 Å². The molecule has 0 bridgehead atoms. The number of carbonyl (C=O) groups is 2. The van der Waals surface area contributed by atoms with Crippen LogP contribution in [0.2, 0.25) is 0 Å². The maximum Gasteiger partial charge on any atom is 0.321 e. The molecule has 0 rings (SSSR count). The number of carboxylic acids is 1. The van der Waals surface area contributed by atoms with E-state index in [9.17, 15) is 9.59 Å². The Balaban J connectivity index is 3.37. The van der Waals surface area contributed by atoms with Crippen LogP contribution >= 0.6 is 0 Å². The van der Waals surface area contributed by atoms with Gasteiger partial charge in [0.2, 0.25) is 5.91 Å². The summed E-state index contributed by atoms with van der Waals surface area (Å²) in [4.78, 5) is 21.2. The summed E-state index contributed by atoms with van der Waals surface area (Å²) in [5, 5.41) is 13.8. The molecular formula is C8H17N3O3. The normalized spacial score (nSPS) is 12.1. The molecule has 0 saturated heterocycles. The molecule has 6 heteroatoms. The summed E-state index contributed by atoms with van der Waals surface area (Å²) in [6, 6.07) is -0.913. The Bertz CT molecular complexity index is 196. The molecule has 1 amide bonds. The Morgan fingerprint density at radius 2 is 2.14 bits per heavy atom. The van der Waals surface area contributed by atoms with Crippen LogP contribution < -0.4 is 16.4 Å². The van der Waals surface area contributed by atoms with Crippen molar-refractivity contribution in [1.82, 2.24) is 10.6 Å². The number of hydrogen-bond acceptors (Lipinski definition) is 4. The number of amides is 1. The van der Waals surface area contributed by atoms with Crippen molar-refractivity contribution in [3.63, 3.8) is 0 Å². The van der Waals surface area contributed by atoms with Crippen LogP contribution in [0.4, 0.5) is 0 Å². The van der Waals surface area contributed by atoms with Crippen molar-refractivity contribution >= 4 is 11.9 Å². The zero-order valence-corrected chi connectivity index (χ0v) is 8.25. The molecule has 0 aromatic carbocycles. The topological polar surface area (TPSA) is 104 Å². The molecule has 0 aliphatic rings. The van der Waals surface area contributed by atoms with E-state index >= 15 is 0 Å². The van der Waals surface area contributed by atoms with Gasteiger partial charge in [-0.25, -0.2) is 0 Å². The molecule has 0 radical (unpaired) electrons. The van der Waals surface area contributed by atoms with Gasteiger partial charge in [0.1, 0.15) is 6.04 Å². The largest absolute Gasteiger partial charge is 0.480 e. The van der Waals surface area contributed by atoms with Crippen molar-refractivity contribution in [2.75, 3.05) is 19.6 Å². The third-order valence-corrected chi connectivity index (χ3v) is 1.58. The fraction of sp³-hybridized carbons (Fsp3) is 0.750. The number of nitrogens with two attached hydrogens (primary N) is 1. The molecule has 5 N–H and O–H groups in total. The van der Waals surface area contributed by atoms with Crippen LogP contribution in [0.5, 0.6) is 0 Å². The number of aliphatic carboxylic acids is 1. The molecule has 0 saturated carbocycles. The predicted octanol–water partition coefficient (Wildman–Crippen LogP) is -1.49. The minimum atomic E-state index is -1.05. The maximum absolute atomic E-state index is 10.9. The highest BCUT2D eigenvalue weighted by atomic mass is 16.4. The van der Waals surface area contributed by atoms with Gasteiger partial charge in [-0.05, 0) is 6.92 Å². The molecule has 0 aromatic rings. The minimum absolute atomic E-state index is 0.0519. The lowest BCUT2D eigenvalue weighted by Crippen LogP contribution is -2.41. The van der Waals surface area contributed by atoms with Crippen LogP contribution in [0, 0.1) is 0 Å². The van der Waals surface area contributed by atoms with Crippen molar-refractivity contribution in [1.29, 1.82) is 0 Å². The number of carbonyl (C=O) groups excluding carboxylic acids is 1. The summed E-state index contributed by atoms with van der Waals surface area (Å²) in [5.41, 5.74) is 5.23. The van der Waals surface area contributed by atoms with E-state index in [1.54, 1.807) is 0 Å². The standard InChI is InChI=1S/C8H17N3O3/c1-2-11-7(12)3-4-10-5-6(9)8(13)14/h6,10H,2-5,9H2,1H3,(H,11,12)(H,13,14). The van der Waals surface area contributed by atoms with Crippen LogP contribution in [0.15, 0.2) is 0 Å². The third-order valence-electron chi connectivity index (χ3n) is 1.58. The van der Waals surface area contributed by atoms with E-state index in [2.05, 4.69) is 10.6 Å². The van der Waals surface area contributed by atoms with E-state index in [-0.39, 0.29) is 12.5 Å². The van der Waals surface area contributed by atoms with E-state index < -0.39 is 12.0 Å². The first-order valence-electron chi connectivity index (χ1n) is 4.53.